The van der Waals surface area contributed by atoms with Crippen LogP contribution >= 0.6 is 27.7 Å². The number of aromatic amines is 1. The molecule has 0 spiro atoms. The molecule has 1 atom stereocenters. The minimum Gasteiger partial charge on any atom is -1.00 e. The van der Waals surface area contributed by atoms with Gasteiger partial charge < -0.3 is 17.0 Å². The Bertz CT molecular complexity index is 447. The molecule has 0 saturated carbocycles. The zero-order valence-electron chi connectivity index (χ0n) is 9.22. The maximum absolute atomic E-state index is 12.1. The van der Waals surface area contributed by atoms with Crippen molar-refractivity contribution in [2.75, 3.05) is 5.33 Å². The fourth-order valence-corrected chi connectivity index (χ4v) is 3.57. The van der Waals surface area contributed by atoms with E-state index >= 15 is 0 Å². The summed E-state index contributed by atoms with van der Waals surface area (Å²) in [5.41, 5.74) is 2.10. The molecule has 1 unspecified atom stereocenters. The molecular formula is C10H14Br2N2OS. The van der Waals surface area contributed by atoms with Gasteiger partial charge in [0, 0.05) is 5.33 Å². The van der Waals surface area contributed by atoms with Crippen molar-refractivity contribution < 1.29 is 22.0 Å². The third-order valence-corrected chi connectivity index (χ3v) is 5.09. The van der Waals surface area contributed by atoms with E-state index in [1.807, 2.05) is 18.4 Å². The summed E-state index contributed by atoms with van der Waals surface area (Å²) < 4.78 is 1.86. The van der Waals surface area contributed by atoms with E-state index in [2.05, 4.69) is 20.9 Å². The third kappa shape index (κ3) is 2.38. The highest BCUT2D eigenvalue weighted by molar-refractivity contribution is 9.09. The summed E-state index contributed by atoms with van der Waals surface area (Å²) in [7, 11) is 0. The van der Waals surface area contributed by atoms with Gasteiger partial charge in [-0.25, -0.2) is 9.78 Å². The number of thioether (sulfide) groups is 1. The van der Waals surface area contributed by atoms with Crippen molar-refractivity contribution >= 4 is 27.7 Å². The summed E-state index contributed by atoms with van der Waals surface area (Å²) in [6.07, 6.45) is 0.797. The van der Waals surface area contributed by atoms with Gasteiger partial charge in [-0.3, -0.25) is 0 Å². The Morgan fingerprint density at radius 3 is 2.88 bits per heavy atom. The van der Waals surface area contributed by atoms with Crippen LogP contribution < -0.4 is 27.5 Å². The van der Waals surface area contributed by atoms with E-state index in [0.29, 0.717) is 5.25 Å². The number of rotatable bonds is 2. The molecule has 2 rings (SSSR count). The second kappa shape index (κ2) is 5.69. The molecule has 0 bridgehead atoms. The number of halogens is 2. The van der Waals surface area contributed by atoms with Gasteiger partial charge in [-0.05, 0) is 25.1 Å². The molecule has 1 aliphatic heterocycles. The average Bonchev–Trinajstić information content (AvgIpc) is 2.61. The first kappa shape index (κ1) is 14.3. The lowest BCUT2D eigenvalue weighted by molar-refractivity contribution is -0.446. The first-order valence-electron chi connectivity index (χ1n) is 5.05. The van der Waals surface area contributed by atoms with Gasteiger partial charge in [0.1, 0.15) is 12.2 Å². The number of H-pyrrole nitrogens is 1. The van der Waals surface area contributed by atoms with Crippen molar-refractivity contribution in [1.29, 1.82) is 0 Å². The Balaban J connectivity index is 0.00000128. The van der Waals surface area contributed by atoms with Crippen LogP contribution in [0.2, 0.25) is 0 Å². The summed E-state index contributed by atoms with van der Waals surface area (Å²) in [4.78, 5) is 15.4. The number of hydrogen-bond donors (Lipinski definition) is 0. The Kier molecular flexibility index (Phi) is 5.07. The van der Waals surface area contributed by atoms with E-state index in [-0.39, 0.29) is 22.5 Å². The van der Waals surface area contributed by atoms with Crippen LogP contribution in [0.25, 0.3) is 0 Å². The molecule has 0 fully saturated rings. The van der Waals surface area contributed by atoms with Gasteiger partial charge in [0.05, 0.1) is 10.8 Å². The van der Waals surface area contributed by atoms with Gasteiger partial charge in [0.15, 0.2) is 0 Å². The molecule has 1 aliphatic rings. The second-order valence-corrected chi connectivity index (χ2v) is 5.63. The maximum atomic E-state index is 12.1. The molecule has 0 aromatic carbocycles. The van der Waals surface area contributed by atoms with Crippen molar-refractivity contribution in [1.82, 2.24) is 4.57 Å². The molecule has 16 heavy (non-hydrogen) atoms. The summed E-state index contributed by atoms with van der Waals surface area (Å²) in [6, 6.07) is 0. The lowest BCUT2D eigenvalue weighted by Gasteiger charge is -2.00. The molecule has 1 aromatic heterocycles. The Labute approximate surface area is 118 Å². The number of aromatic nitrogens is 2. The highest BCUT2D eigenvalue weighted by atomic mass is 79.9. The normalized spacial score (nSPS) is 18.1. The third-order valence-electron chi connectivity index (χ3n) is 2.69. The molecule has 0 aliphatic carbocycles. The molecule has 0 saturated heterocycles. The van der Waals surface area contributed by atoms with Gasteiger partial charge >= 0.3 is 10.7 Å². The van der Waals surface area contributed by atoms with Crippen LogP contribution in [0.3, 0.4) is 0 Å². The lowest BCUT2D eigenvalue weighted by Crippen LogP contribution is -3.00. The quantitative estimate of drug-likeness (QED) is 0.465. The van der Waals surface area contributed by atoms with Crippen molar-refractivity contribution in [2.24, 2.45) is 0 Å². The number of fused-ring (bicyclic) bond motifs is 1. The van der Waals surface area contributed by atoms with Crippen LogP contribution in [0.4, 0.5) is 0 Å². The number of aryl methyl sites for hydroxylation is 1. The number of nitrogens with zero attached hydrogens (tertiary/aromatic N) is 1. The smallest absolute Gasteiger partial charge is 0.341 e. The molecule has 0 radical (unpaired) electrons. The molecule has 0 amide bonds. The monoisotopic (exact) mass is 368 g/mol. The number of hydrogen-bond acceptors (Lipinski definition) is 2. The summed E-state index contributed by atoms with van der Waals surface area (Å²) in [6.45, 7) is 4.81. The van der Waals surface area contributed by atoms with E-state index in [1.54, 1.807) is 11.8 Å². The highest BCUT2D eigenvalue weighted by Crippen LogP contribution is 2.28. The van der Waals surface area contributed by atoms with E-state index in [4.69, 9.17) is 0 Å². The van der Waals surface area contributed by atoms with Crippen LogP contribution in [0.15, 0.2) is 9.95 Å². The van der Waals surface area contributed by atoms with Crippen molar-refractivity contribution in [3.8, 4) is 0 Å². The minimum atomic E-state index is 0. The van der Waals surface area contributed by atoms with Crippen LogP contribution in [-0.4, -0.2) is 15.1 Å². The largest absolute Gasteiger partial charge is 1.00 e. The first-order valence-corrected chi connectivity index (χ1v) is 7.05. The fourth-order valence-electron chi connectivity index (χ4n) is 1.87. The van der Waals surface area contributed by atoms with Gasteiger partial charge in [-0.2, -0.15) is 4.57 Å². The van der Waals surface area contributed by atoms with Crippen molar-refractivity contribution in [3.63, 3.8) is 0 Å². The molecule has 3 nitrogen and oxygen atoms in total. The predicted octanol–water partition coefficient (Wildman–Crippen LogP) is -1.59. The van der Waals surface area contributed by atoms with Crippen LogP contribution in [-0.2, 0) is 13.0 Å². The topological polar surface area (TPSA) is 36.1 Å². The Morgan fingerprint density at radius 2 is 2.31 bits per heavy atom. The van der Waals surface area contributed by atoms with Crippen LogP contribution in [0, 0.1) is 6.92 Å². The predicted molar refractivity (Wildman–Crippen MR) is 64.8 cm³/mol. The van der Waals surface area contributed by atoms with Crippen molar-refractivity contribution in [2.45, 2.75) is 37.2 Å². The number of nitrogens with one attached hydrogen (secondary N) is 1. The zero-order valence-corrected chi connectivity index (χ0v) is 13.2. The van der Waals surface area contributed by atoms with Gasteiger partial charge in [0.2, 0.25) is 0 Å². The molecular weight excluding hydrogens is 356 g/mol. The molecule has 1 N–H and O–H groups in total. The number of alkyl halides is 1. The van der Waals surface area contributed by atoms with E-state index in [0.717, 1.165) is 34.7 Å². The molecule has 2 heterocycles. The molecule has 6 heteroatoms. The molecule has 90 valence electrons. The van der Waals surface area contributed by atoms with Crippen LogP contribution in [0.5, 0.6) is 0 Å². The van der Waals surface area contributed by atoms with Gasteiger partial charge in [-0.1, -0.05) is 22.9 Å². The van der Waals surface area contributed by atoms with Crippen molar-refractivity contribution in [3.05, 3.63) is 21.6 Å². The summed E-state index contributed by atoms with van der Waals surface area (Å²) in [5, 5.41) is 2.40. The Morgan fingerprint density at radius 1 is 1.62 bits per heavy atom. The minimum absolute atomic E-state index is 0. The first-order chi connectivity index (χ1) is 7.17. The van der Waals surface area contributed by atoms with Crippen LogP contribution in [0.1, 0.15) is 18.2 Å². The lowest BCUT2D eigenvalue weighted by atomic mass is 10.2. The van der Waals surface area contributed by atoms with Gasteiger partial charge in [0.25, 0.3) is 0 Å². The molecule has 1 aromatic rings. The Hall–Kier alpha value is 0.190. The van der Waals surface area contributed by atoms with Gasteiger partial charge in [-0.15, -0.1) is 0 Å². The fraction of sp³-hybridized carbons (Fsp3) is 0.600. The average molecular weight is 370 g/mol. The van der Waals surface area contributed by atoms with E-state index in [1.165, 1.54) is 0 Å². The zero-order chi connectivity index (χ0) is 11.0. The standard InChI is InChI=1S/C10H13BrN2OS.BrH/c1-3-8-6(2)12-10-13(9(8)14)5-7(4-11)15-10;/h7H,3-5H2,1-2H3;1H. The summed E-state index contributed by atoms with van der Waals surface area (Å²) in [5.74, 6) is 0. The van der Waals surface area contributed by atoms with E-state index in [9.17, 15) is 4.79 Å². The summed E-state index contributed by atoms with van der Waals surface area (Å²) >= 11 is 5.21. The maximum Gasteiger partial charge on any atom is 0.341 e. The highest BCUT2D eigenvalue weighted by Gasteiger charge is 2.31. The van der Waals surface area contributed by atoms with E-state index < -0.39 is 0 Å². The SMILES string of the molecule is CCc1c(C)[nH+]c2n(c1=O)CC(CBr)S2.[Br-]. The second-order valence-electron chi connectivity index (χ2n) is 3.70.